The molecular formula is C13H19BrN2OS. The van der Waals surface area contributed by atoms with Crippen LogP contribution in [-0.4, -0.2) is 37.0 Å². The highest BCUT2D eigenvalue weighted by molar-refractivity contribution is 9.10. The van der Waals surface area contributed by atoms with E-state index in [1.54, 1.807) is 0 Å². The Morgan fingerprint density at radius 3 is 2.89 bits per heavy atom. The smallest absolute Gasteiger partial charge is 0.262 e. The van der Waals surface area contributed by atoms with Gasteiger partial charge in [0.2, 0.25) is 0 Å². The van der Waals surface area contributed by atoms with Crippen molar-refractivity contribution in [2.24, 2.45) is 5.92 Å². The number of nitrogens with one attached hydrogen (secondary N) is 1. The molecule has 1 N–H and O–H groups in total. The van der Waals surface area contributed by atoms with Gasteiger partial charge in [-0.15, -0.1) is 11.3 Å². The monoisotopic (exact) mass is 330 g/mol. The van der Waals surface area contributed by atoms with Crippen LogP contribution >= 0.6 is 27.3 Å². The highest BCUT2D eigenvalue weighted by atomic mass is 79.9. The first kappa shape index (κ1) is 14.0. The standard InChI is InChI=1S/C13H19BrN2OS/c1-10(9-16-5-2-3-6-16)8-15-13(17)12-11(14)4-7-18-12/h4,7,10H,2-3,5-6,8-9H2,1H3,(H,15,17). The summed E-state index contributed by atoms with van der Waals surface area (Å²) in [5.41, 5.74) is 0. The third-order valence-electron chi connectivity index (χ3n) is 3.20. The molecule has 1 saturated heterocycles. The van der Waals surface area contributed by atoms with Gasteiger partial charge in [0.15, 0.2) is 0 Å². The first-order valence-electron chi connectivity index (χ1n) is 6.40. The third kappa shape index (κ3) is 3.80. The first-order valence-corrected chi connectivity index (χ1v) is 8.07. The Bertz CT molecular complexity index is 401. The molecule has 1 aromatic rings. The molecule has 0 spiro atoms. The molecule has 0 radical (unpaired) electrons. The van der Waals surface area contributed by atoms with Gasteiger partial charge in [0, 0.05) is 17.6 Å². The number of amides is 1. The van der Waals surface area contributed by atoms with E-state index >= 15 is 0 Å². The fourth-order valence-corrected chi connectivity index (χ4v) is 3.74. The molecule has 0 saturated carbocycles. The van der Waals surface area contributed by atoms with Crippen molar-refractivity contribution in [1.82, 2.24) is 10.2 Å². The average Bonchev–Trinajstić information content (AvgIpc) is 2.97. The van der Waals surface area contributed by atoms with Crippen molar-refractivity contribution in [3.8, 4) is 0 Å². The van der Waals surface area contributed by atoms with Crippen molar-refractivity contribution in [2.45, 2.75) is 19.8 Å². The van der Waals surface area contributed by atoms with Crippen molar-refractivity contribution in [3.05, 3.63) is 20.8 Å². The predicted molar refractivity (Wildman–Crippen MR) is 79.2 cm³/mol. The second kappa shape index (κ2) is 6.68. The molecule has 1 aliphatic heterocycles. The van der Waals surface area contributed by atoms with Crippen LogP contribution in [0.5, 0.6) is 0 Å². The highest BCUT2D eigenvalue weighted by Crippen LogP contribution is 2.22. The van der Waals surface area contributed by atoms with Crippen LogP contribution in [-0.2, 0) is 0 Å². The fraction of sp³-hybridized carbons (Fsp3) is 0.615. The molecular weight excluding hydrogens is 312 g/mol. The number of carbonyl (C=O) groups excluding carboxylic acids is 1. The van der Waals surface area contributed by atoms with E-state index in [1.165, 1.54) is 37.3 Å². The number of nitrogens with zero attached hydrogens (tertiary/aromatic N) is 1. The van der Waals surface area contributed by atoms with Crippen LogP contribution in [0.1, 0.15) is 29.4 Å². The van der Waals surface area contributed by atoms with Gasteiger partial charge in [-0.3, -0.25) is 4.79 Å². The number of likely N-dealkylation sites (tertiary alicyclic amines) is 1. The predicted octanol–water partition coefficient (Wildman–Crippen LogP) is 2.97. The summed E-state index contributed by atoms with van der Waals surface area (Å²) in [6.07, 6.45) is 2.64. The largest absolute Gasteiger partial charge is 0.351 e. The van der Waals surface area contributed by atoms with Crippen LogP contribution < -0.4 is 5.32 Å². The van der Waals surface area contributed by atoms with Crippen LogP contribution in [0.15, 0.2) is 15.9 Å². The molecule has 1 fully saturated rings. The van der Waals surface area contributed by atoms with Gasteiger partial charge in [0.25, 0.3) is 5.91 Å². The minimum Gasteiger partial charge on any atom is -0.351 e. The van der Waals surface area contributed by atoms with Gasteiger partial charge < -0.3 is 10.2 Å². The van der Waals surface area contributed by atoms with Crippen LogP contribution in [0.25, 0.3) is 0 Å². The van der Waals surface area contributed by atoms with Crippen LogP contribution in [0.3, 0.4) is 0 Å². The SMILES string of the molecule is CC(CNC(=O)c1sccc1Br)CN1CCCC1. The summed E-state index contributed by atoms with van der Waals surface area (Å²) in [7, 11) is 0. The number of rotatable bonds is 5. The van der Waals surface area contributed by atoms with Gasteiger partial charge in [0.1, 0.15) is 4.88 Å². The zero-order valence-corrected chi connectivity index (χ0v) is 13.0. The Morgan fingerprint density at radius 2 is 2.28 bits per heavy atom. The van der Waals surface area contributed by atoms with Crippen molar-refractivity contribution in [3.63, 3.8) is 0 Å². The van der Waals surface area contributed by atoms with E-state index in [1.807, 2.05) is 11.4 Å². The van der Waals surface area contributed by atoms with Crippen LogP contribution in [0, 0.1) is 5.92 Å². The molecule has 1 aliphatic rings. The third-order valence-corrected chi connectivity index (χ3v) is 5.04. The first-order chi connectivity index (χ1) is 8.66. The number of halogens is 1. The summed E-state index contributed by atoms with van der Waals surface area (Å²) in [5, 5.41) is 4.94. The van der Waals surface area contributed by atoms with E-state index < -0.39 is 0 Å². The molecule has 1 aromatic heterocycles. The average molecular weight is 331 g/mol. The summed E-state index contributed by atoms with van der Waals surface area (Å²) in [6, 6.07) is 1.91. The Labute approximate surface area is 121 Å². The molecule has 0 aliphatic carbocycles. The second-order valence-electron chi connectivity index (χ2n) is 4.92. The van der Waals surface area contributed by atoms with Gasteiger partial charge in [-0.25, -0.2) is 0 Å². The lowest BCUT2D eigenvalue weighted by Crippen LogP contribution is -2.34. The van der Waals surface area contributed by atoms with E-state index in [-0.39, 0.29) is 5.91 Å². The molecule has 3 nitrogen and oxygen atoms in total. The van der Waals surface area contributed by atoms with E-state index in [4.69, 9.17) is 0 Å². The molecule has 5 heteroatoms. The van der Waals surface area contributed by atoms with Crippen LogP contribution in [0.2, 0.25) is 0 Å². The van der Waals surface area contributed by atoms with Gasteiger partial charge in [0.05, 0.1) is 0 Å². The molecule has 1 amide bonds. The summed E-state index contributed by atoms with van der Waals surface area (Å²) in [5.74, 6) is 0.538. The maximum absolute atomic E-state index is 11.9. The second-order valence-corrected chi connectivity index (χ2v) is 6.69. The lowest BCUT2D eigenvalue weighted by molar-refractivity contribution is 0.0948. The minimum atomic E-state index is 0.0325. The van der Waals surface area contributed by atoms with Crippen molar-refractivity contribution >= 4 is 33.2 Å². The lowest BCUT2D eigenvalue weighted by atomic mass is 10.1. The van der Waals surface area contributed by atoms with Crippen molar-refractivity contribution < 1.29 is 4.79 Å². The van der Waals surface area contributed by atoms with E-state index in [9.17, 15) is 4.79 Å². The van der Waals surface area contributed by atoms with Gasteiger partial charge >= 0.3 is 0 Å². The Hall–Kier alpha value is -0.390. The summed E-state index contributed by atoms with van der Waals surface area (Å²) < 4.78 is 0.886. The molecule has 2 rings (SSSR count). The lowest BCUT2D eigenvalue weighted by Gasteiger charge is -2.20. The molecule has 0 aromatic carbocycles. The van der Waals surface area contributed by atoms with Gasteiger partial charge in [-0.2, -0.15) is 0 Å². The van der Waals surface area contributed by atoms with E-state index in [0.29, 0.717) is 5.92 Å². The van der Waals surface area contributed by atoms with E-state index in [0.717, 1.165) is 22.4 Å². The summed E-state index contributed by atoms with van der Waals surface area (Å²) in [6.45, 7) is 6.47. The fourth-order valence-electron chi connectivity index (χ4n) is 2.27. The topological polar surface area (TPSA) is 32.3 Å². The maximum Gasteiger partial charge on any atom is 0.262 e. The van der Waals surface area contributed by atoms with Crippen molar-refractivity contribution in [2.75, 3.05) is 26.2 Å². The molecule has 100 valence electrons. The van der Waals surface area contributed by atoms with Gasteiger partial charge in [-0.1, -0.05) is 6.92 Å². The van der Waals surface area contributed by atoms with Gasteiger partial charge in [-0.05, 0) is 59.2 Å². The Morgan fingerprint density at radius 1 is 1.56 bits per heavy atom. The van der Waals surface area contributed by atoms with Crippen LogP contribution in [0.4, 0.5) is 0 Å². The zero-order valence-electron chi connectivity index (χ0n) is 10.6. The quantitative estimate of drug-likeness (QED) is 0.900. The number of hydrogen-bond donors (Lipinski definition) is 1. The zero-order chi connectivity index (χ0) is 13.0. The Balaban J connectivity index is 1.73. The summed E-state index contributed by atoms with van der Waals surface area (Å²) in [4.78, 5) is 15.2. The molecule has 1 unspecified atom stereocenters. The van der Waals surface area contributed by atoms with E-state index in [2.05, 4.69) is 33.1 Å². The molecule has 0 bridgehead atoms. The Kier molecular flexibility index (Phi) is 5.21. The molecule has 2 heterocycles. The summed E-state index contributed by atoms with van der Waals surface area (Å²) >= 11 is 4.86. The number of thiophene rings is 1. The number of hydrogen-bond acceptors (Lipinski definition) is 3. The molecule has 18 heavy (non-hydrogen) atoms. The highest BCUT2D eigenvalue weighted by Gasteiger charge is 2.16. The molecule has 1 atom stereocenters. The normalized spacial score (nSPS) is 17.9. The van der Waals surface area contributed by atoms with Crippen molar-refractivity contribution in [1.29, 1.82) is 0 Å². The maximum atomic E-state index is 11.9. The minimum absolute atomic E-state index is 0.0325. The number of carbonyl (C=O) groups is 1.